The van der Waals surface area contributed by atoms with E-state index >= 15 is 0 Å². The van der Waals surface area contributed by atoms with Crippen LogP contribution < -0.4 is 5.32 Å². The zero-order valence-corrected chi connectivity index (χ0v) is 28.4. The van der Waals surface area contributed by atoms with Crippen molar-refractivity contribution in [3.05, 3.63) is 0 Å². The minimum Gasteiger partial charge on any atom is -0.480 e. The molecule has 0 radical (unpaired) electrons. The van der Waals surface area contributed by atoms with Gasteiger partial charge >= 0.3 is 19.8 Å². The Morgan fingerprint density at radius 1 is 0.636 bits per heavy atom. The molecule has 0 aromatic heterocycles. The van der Waals surface area contributed by atoms with Crippen LogP contribution in [0.25, 0.3) is 0 Å². The number of carbonyl (C=O) groups excluding carboxylic acids is 2. The first kappa shape index (κ1) is 42.5. The number of aliphatic hydroxyl groups is 1. The number of amides is 1. The summed E-state index contributed by atoms with van der Waals surface area (Å²) in [7, 11) is -4.73. The van der Waals surface area contributed by atoms with Gasteiger partial charge in [0.25, 0.3) is 0 Å². The highest BCUT2D eigenvalue weighted by Gasteiger charge is 2.28. The highest BCUT2D eigenvalue weighted by atomic mass is 31.2. The normalized spacial score (nSPS) is 14.1. The fourth-order valence-electron chi connectivity index (χ4n) is 4.67. The molecule has 3 atom stereocenters. The van der Waals surface area contributed by atoms with E-state index in [0.29, 0.717) is 12.8 Å². The molecule has 0 saturated carbocycles. The number of rotatable bonds is 32. The Hall–Kier alpha value is -1.52. The van der Waals surface area contributed by atoms with E-state index in [1.54, 1.807) is 0 Å². The summed E-state index contributed by atoms with van der Waals surface area (Å²) in [6.07, 6.45) is 21.7. The van der Waals surface area contributed by atoms with E-state index in [1.807, 2.05) is 0 Å². The van der Waals surface area contributed by atoms with Gasteiger partial charge in [-0.1, -0.05) is 129 Å². The van der Waals surface area contributed by atoms with E-state index in [0.717, 1.165) is 51.4 Å². The maximum absolute atomic E-state index is 12.1. The molecule has 11 nitrogen and oxygen atoms in total. The number of unbranched alkanes of at least 4 members (excludes halogenated alkanes) is 18. The van der Waals surface area contributed by atoms with Gasteiger partial charge in [0.1, 0.15) is 12.7 Å². The fourth-order valence-corrected chi connectivity index (χ4v) is 5.44. The maximum atomic E-state index is 12.1. The second-order valence-corrected chi connectivity index (χ2v) is 13.2. The molecule has 0 heterocycles. The minimum absolute atomic E-state index is 0.148. The number of nitrogens with one attached hydrogen (secondary N) is 1. The average molecular weight is 652 g/mol. The lowest BCUT2D eigenvalue weighted by Gasteiger charge is -2.18. The van der Waals surface area contributed by atoms with Gasteiger partial charge in [-0.3, -0.25) is 18.6 Å². The number of carbonyl (C=O) groups is 3. The molecule has 0 aliphatic carbocycles. The van der Waals surface area contributed by atoms with Crippen LogP contribution in [-0.4, -0.2) is 64.9 Å². The molecule has 0 aromatic rings. The van der Waals surface area contributed by atoms with Gasteiger partial charge in [-0.15, -0.1) is 0 Å². The van der Waals surface area contributed by atoms with Crippen molar-refractivity contribution in [3.63, 3.8) is 0 Å². The van der Waals surface area contributed by atoms with Crippen molar-refractivity contribution in [1.82, 2.24) is 5.32 Å². The first-order valence-electron chi connectivity index (χ1n) is 17.1. The van der Waals surface area contributed by atoms with E-state index in [1.165, 1.54) is 64.2 Å². The molecule has 12 heteroatoms. The Kier molecular flexibility index (Phi) is 27.9. The van der Waals surface area contributed by atoms with Crippen LogP contribution in [0.3, 0.4) is 0 Å². The number of ether oxygens (including phenoxy) is 1. The number of carboxylic acid groups (broad SMARTS) is 1. The first-order chi connectivity index (χ1) is 21.1. The van der Waals surface area contributed by atoms with E-state index in [-0.39, 0.29) is 12.8 Å². The predicted octanol–water partition coefficient (Wildman–Crippen LogP) is 7.22. The van der Waals surface area contributed by atoms with Crippen LogP contribution in [0.1, 0.15) is 155 Å². The van der Waals surface area contributed by atoms with Crippen molar-refractivity contribution in [3.8, 4) is 0 Å². The highest BCUT2D eigenvalue weighted by molar-refractivity contribution is 7.47. The highest BCUT2D eigenvalue weighted by Crippen LogP contribution is 2.43. The number of aliphatic hydroxyl groups excluding tert-OH is 1. The van der Waals surface area contributed by atoms with Crippen molar-refractivity contribution in [2.75, 3.05) is 19.8 Å². The largest absolute Gasteiger partial charge is 0.480 e. The molecule has 4 N–H and O–H groups in total. The molecule has 1 amide bonds. The summed E-state index contributed by atoms with van der Waals surface area (Å²) in [5, 5.41) is 21.6. The summed E-state index contributed by atoms with van der Waals surface area (Å²) in [6, 6.07) is -1.54. The third kappa shape index (κ3) is 28.0. The number of aliphatic carboxylic acids is 1. The monoisotopic (exact) mass is 651 g/mol. The van der Waals surface area contributed by atoms with Crippen LogP contribution in [0.15, 0.2) is 0 Å². The number of phosphoric acid groups is 1. The third-order valence-electron chi connectivity index (χ3n) is 7.40. The zero-order valence-electron chi connectivity index (χ0n) is 27.5. The molecule has 0 aliphatic rings. The molecule has 260 valence electrons. The summed E-state index contributed by atoms with van der Waals surface area (Å²) in [5.74, 6) is -2.38. The van der Waals surface area contributed by atoms with E-state index in [2.05, 4.69) is 19.2 Å². The smallest absolute Gasteiger partial charge is 0.472 e. The van der Waals surface area contributed by atoms with E-state index < -0.39 is 57.6 Å². The van der Waals surface area contributed by atoms with Gasteiger partial charge in [-0.25, -0.2) is 9.36 Å². The predicted molar refractivity (Wildman–Crippen MR) is 171 cm³/mol. The first-order valence-corrected chi connectivity index (χ1v) is 18.6. The lowest BCUT2D eigenvalue weighted by Crippen LogP contribution is -2.43. The van der Waals surface area contributed by atoms with Crippen LogP contribution in [0.4, 0.5) is 0 Å². The van der Waals surface area contributed by atoms with Crippen molar-refractivity contribution in [2.45, 2.75) is 167 Å². The lowest BCUT2D eigenvalue weighted by molar-refractivity contribution is -0.147. The minimum atomic E-state index is -4.73. The van der Waals surface area contributed by atoms with Crippen LogP contribution in [0.5, 0.6) is 0 Å². The number of esters is 1. The number of carboxylic acids is 1. The quantitative estimate of drug-likeness (QED) is 0.0331. The molecule has 0 aromatic carbocycles. The van der Waals surface area contributed by atoms with E-state index in [4.69, 9.17) is 13.8 Å². The molecule has 0 saturated heterocycles. The van der Waals surface area contributed by atoms with Gasteiger partial charge in [-0.2, -0.15) is 0 Å². The molecule has 0 spiro atoms. The van der Waals surface area contributed by atoms with Gasteiger partial charge in [0.15, 0.2) is 6.04 Å². The van der Waals surface area contributed by atoms with Crippen LogP contribution >= 0.6 is 7.82 Å². The molecule has 0 fully saturated rings. The SMILES string of the molecule is CCCCCCCCCCCCCCCC(=O)OCC(O)COP(=O)(O)OCC(NC(=O)CCCCCCCCC)C(=O)O. The Labute approximate surface area is 265 Å². The standard InChI is InChI=1S/C32H62NO10P/c1-3-5-7-9-11-12-13-14-15-16-18-20-22-24-31(36)41-25-28(34)26-42-44(39,40)43-27-29(32(37)38)33-30(35)23-21-19-17-10-8-6-4-2/h28-29,34H,3-27H2,1-2H3,(H,33,35)(H,37,38)(H,39,40). The Morgan fingerprint density at radius 3 is 1.50 bits per heavy atom. The maximum Gasteiger partial charge on any atom is 0.472 e. The second-order valence-electron chi connectivity index (χ2n) is 11.7. The van der Waals surface area contributed by atoms with Crippen molar-refractivity contribution < 1.29 is 47.8 Å². The zero-order chi connectivity index (χ0) is 32.9. The van der Waals surface area contributed by atoms with Crippen molar-refractivity contribution >= 4 is 25.7 Å². The summed E-state index contributed by atoms with van der Waals surface area (Å²) in [5.41, 5.74) is 0. The molecule has 0 aliphatic heterocycles. The van der Waals surface area contributed by atoms with Crippen molar-refractivity contribution in [1.29, 1.82) is 0 Å². The van der Waals surface area contributed by atoms with Crippen LogP contribution in [-0.2, 0) is 32.7 Å². The summed E-state index contributed by atoms with van der Waals surface area (Å²) >= 11 is 0. The molecule has 3 unspecified atom stereocenters. The molecule has 0 rings (SSSR count). The topological polar surface area (TPSA) is 169 Å². The van der Waals surface area contributed by atoms with Crippen LogP contribution in [0.2, 0.25) is 0 Å². The van der Waals surface area contributed by atoms with Gasteiger partial charge in [0.2, 0.25) is 5.91 Å². The Balaban J connectivity index is 3.96. The Bertz CT molecular complexity index is 782. The lowest BCUT2D eigenvalue weighted by atomic mass is 10.0. The number of hydrogen-bond donors (Lipinski definition) is 4. The van der Waals surface area contributed by atoms with Gasteiger partial charge in [0, 0.05) is 12.8 Å². The van der Waals surface area contributed by atoms with Gasteiger partial charge < -0.3 is 25.2 Å². The summed E-state index contributed by atoms with van der Waals surface area (Å²) in [4.78, 5) is 45.3. The van der Waals surface area contributed by atoms with Gasteiger partial charge in [0.05, 0.1) is 13.2 Å². The molecule has 0 bridgehead atoms. The third-order valence-corrected chi connectivity index (χ3v) is 8.35. The molecule has 44 heavy (non-hydrogen) atoms. The average Bonchev–Trinajstić information content (AvgIpc) is 2.98. The summed E-state index contributed by atoms with van der Waals surface area (Å²) in [6.45, 7) is 2.50. The number of hydrogen-bond acceptors (Lipinski definition) is 8. The van der Waals surface area contributed by atoms with Crippen molar-refractivity contribution in [2.24, 2.45) is 0 Å². The second kappa shape index (κ2) is 28.9. The fraction of sp³-hybridized carbons (Fsp3) is 0.906. The molecular formula is C32H62NO10P. The number of phosphoric ester groups is 1. The van der Waals surface area contributed by atoms with E-state index in [9.17, 15) is 34.1 Å². The van der Waals surface area contributed by atoms with Gasteiger partial charge in [-0.05, 0) is 12.8 Å². The molecular weight excluding hydrogens is 589 g/mol. The van der Waals surface area contributed by atoms with Crippen LogP contribution in [0, 0.1) is 0 Å². The Morgan fingerprint density at radius 2 is 1.05 bits per heavy atom. The summed E-state index contributed by atoms with van der Waals surface area (Å²) < 4.78 is 26.6.